The molecular formula is C14H29N3O3. The number of hydrogen-bond acceptors (Lipinski definition) is 5. The van der Waals surface area contributed by atoms with E-state index >= 15 is 0 Å². The van der Waals surface area contributed by atoms with Crippen LogP contribution in [0.5, 0.6) is 0 Å². The van der Waals surface area contributed by atoms with Crippen LogP contribution < -0.4 is 10.6 Å². The van der Waals surface area contributed by atoms with E-state index in [1.807, 2.05) is 13.8 Å². The lowest BCUT2D eigenvalue weighted by Gasteiger charge is -2.39. The normalized spacial score (nSPS) is 17.1. The summed E-state index contributed by atoms with van der Waals surface area (Å²) in [4.78, 5) is 14.5. The average molecular weight is 287 g/mol. The fourth-order valence-corrected chi connectivity index (χ4v) is 2.20. The van der Waals surface area contributed by atoms with E-state index in [4.69, 9.17) is 9.47 Å². The first-order valence-corrected chi connectivity index (χ1v) is 7.40. The first-order valence-electron chi connectivity index (χ1n) is 7.40. The van der Waals surface area contributed by atoms with Crippen LogP contribution in [0, 0.1) is 0 Å². The van der Waals surface area contributed by atoms with Gasteiger partial charge in [-0.15, -0.1) is 0 Å². The summed E-state index contributed by atoms with van der Waals surface area (Å²) in [5.41, 5.74) is -0.445. The van der Waals surface area contributed by atoms with Crippen molar-refractivity contribution in [3.05, 3.63) is 0 Å². The van der Waals surface area contributed by atoms with Crippen LogP contribution in [0.15, 0.2) is 0 Å². The fraction of sp³-hybridized carbons (Fsp3) is 0.929. The Morgan fingerprint density at radius 1 is 1.25 bits per heavy atom. The molecule has 2 N–H and O–H groups in total. The number of carbonyl (C=O) groups is 1. The molecule has 0 radical (unpaired) electrons. The second-order valence-electron chi connectivity index (χ2n) is 5.51. The van der Waals surface area contributed by atoms with Crippen molar-refractivity contribution in [2.45, 2.75) is 25.8 Å². The molecule has 0 saturated carbocycles. The Kier molecular flexibility index (Phi) is 8.06. The maximum atomic E-state index is 12.3. The van der Waals surface area contributed by atoms with Crippen LogP contribution >= 0.6 is 0 Å². The van der Waals surface area contributed by atoms with Gasteiger partial charge in [0, 0.05) is 46.4 Å². The first-order chi connectivity index (χ1) is 9.59. The third-order valence-electron chi connectivity index (χ3n) is 3.65. The SMILES string of the molecule is COCCOCCCNC(=O)C(C)(C)N1CCNCC1. The van der Waals surface area contributed by atoms with Crippen LogP contribution in [-0.2, 0) is 14.3 Å². The molecular weight excluding hydrogens is 258 g/mol. The van der Waals surface area contributed by atoms with E-state index in [-0.39, 0.29) is 5.91 Å². The molecule has 0 aliphatic carbocycles. The second kappa shape index (κ2) is 9.28. The summed E-state index contributed by atoms with van der Waals surface area (Å²) in [6, 6.07) is 0. The molecule has 1 amide bonds. The smallest absolute Gasteiger partial charge is 0.239 e. The minimum absolute atomic E-state index is 0.0938. The fourth-order valence-electron chi connectivity index (χ4n) is 2.20. The van der Waals surface area contributed by atoms with Crippen LogP contribution in [0.2, 0.25) is 0 Å². The van der Waals surface area contributed by atoms with Gasteiger partial charge >= 0.3 is 0 Å². The molecule has 1 rings (SSSR count). The number of rotatable bonds is 9. The van der Waals surface area contributed by atoms with Gasteiger partial charge in [0.05, 0.1) is 18.8 Å². The molecule has 118 valence electrons. The monoisotopic (exact) mass is 287 g/mol. The van der Waals surface area contributed by atoms with Crippen molar-refractivity contribution in [3.8, 4) is 0 Å². The van der Waals surface area contributed by atoms with Crippen LogP contribution in [0.4, 0.5) is 0 Å². The molecule has 1 saturated heterocycles. The highest BCUT2D eigenvalue weighted by Crippen LogP contribution is 2.15. The molecule has 0 spiro atoms. The highest BCUT2D eigenvalue weighted by atomic mass is 16.5. The van der Waals surface area contributed by atoms with Crippen LogP contribution in [-0.4, -0.2) is 76.0 Å². The molecule has 0 aromatic rings. The van der Waals surface area contributed by atoms with E-state index in [2.05, 4.69) is 15.5 Å². The lowest BCUT2D eigenvalue weighted by Crippen LogP contribution is -2.60. The highest BCUT2D eigenvalue weighted by Gasteiger charge is 2.34. The van der Waals surface area contributed by atoms with Gasteiger partial charge < -0.3 is 20.1 Å². The predicted molar refractivity (Wildman–Crippen MR) is 78.8 cm³/mol. The van der Waals surface area contributed by atoms with Crippen molar-refractivity contribution in [1.29, 1.82) is 0 Å². The molecule has 1 aliphatic rings. The van der Waals surface area contributed by atoms with Crippen LogP contribution in [0.25, 0.3) is 0 Å². The van der Waals surface area contributed by atoms with Gasteiger partial charge in [-0.2, -0.15) is 0 Å². The summed E-state index contributed by atoms with van der Waals surface area (Å²) in [7, 11) is 1.65. The van der Waals surface area contributed by atoms with E-state index in [1.165, 1.54) is 0 Å². The summed E-state index contributed by atoms with van der Waals surface area (Å²) in [5.74, 6) is 0.0938. The van der Waals surface area contributed by atoms with E-state index < -0.39 is 5.54 Å². The zero-order valence-corrected chi connectivity index (χ0v) is 13.0. The van der Waals surface area contributed by atoms with Crippen molar-refractivity contribution in [2.75, 3.05) is 59.7 Å². The van der Waals surface area contributed by atoms with Crippen LogP contribution in [0.3, 0.4) is 0 Å². The Morgan fingerprint density at radius 2 is 1.95 bits per heavy atom. The third-order valence-corrected chi connectivity index (χ3v) is 3.65. The minimum Gasteiger partial charge on any atom is -0.382 e. The van der Waals surface area contributed by atoms with Gasteiger partial charge in [-0.1, -0.05) is 0 Å². The van der Waals surface area contributed by atoms with Gasteiger partial charge in [0.15, 0.2) is 0 Å². The topological polar surface area (TPSA) is 62.8 Å². The Hall–Kier alpha value is -0.690. The molecule has 6 nitrogen and oxygen atoms in total. The van der Waals surface area contributed by atoms with E-state index in [0.717, 1.165) is 32.6 Å². The Bertz CT molecular complexity index is 279. The summed E-state index contributed by atoms with van der Waals surface area (Å²) >= 11 is 0. The molecule has 20 heavy (non-hydrogen) atoms. The molecule has 1 heterocycles. The van der Waals surface area contributed by atoms with Crippen molar-refractivity contribution < 1.29 is 14.3 Å². The van der Waals surface area contributed by atoms with E-state index in [9.17, 15) is 4.79 Å². The number of piperazine rings is 1. The lowest BCUT2D eigenvalue weighted by atomic mass is 10.0. The molecule has 1 aliphatic heterocycles. The number of amides is 1. The van der Waals surface area contributed by atoms with Crippen molar-refractivity contribution >= 4 is 5.91 Å². The standard InChI is InChI=1S/C14H29N3O3/c1-14(2,17-8-6-15-7-9-17)13(18)16-5-4-10-20-12-11-19-3/h15H,4-12H2,1-3H3,(H,16,18). The van der Waals surface area contributed by atoms with Crippen molar-refractivity contribution in [3.63, 3.8) is 0 Å². The van der Waals surface area contributed by atoms with Crippen molar-refractivity contribution in [2.24, 2.45) is 0 Å². The first kappa shape index (κ1) is 17.4. The number of methoxy groups -OCH3 is 1. The Balaban J connectivity index is 2.17. The largest absolute Gasteiger partial charge is 0.382 e. The maximum Gasteiger partial charge on any atom is 0.239 e. The summed E-state index contributed by atoms with van der Waals surface area (Å²) < 4.78 is 10.3. The zero-order valence-electron chi connectivity index (χ0n) is 13.0. The van der Waals surface area contributed by atoms with Gasteiger partial charge in [0.2, 0.25) is 5.91 Å². The Morgan fingerprint density at radius 3 is 2.60 bits per heavy atom. The highest BCUT2D eigenvalue weighted by molar-refractivity contribution is 5.85. The number of ether oxygens (including phenoxy) is 2. The van der Waals surface area contributed by atoms with Gasteiger partial charge in [-0.05, 0) is 20.3 Å². The number of nitrogens with one attached hydrogen (secondary N) is 2. The van der Waals surface area contributed by atoms with E-state index in [1.54, 1.807) is 7.11 Å². The second-order valence-corrected chi connectivity index (χ2v) is 5.51. The number of carbonyl (C=O) groups excluding carboxylic acids is 1. The van der Waals surface area contributed by atoms with Crippen molar-refractivity contribution in [1.82, 2.24) is 15.5 Å². The van der Waals surface area contributed by atoms with Crippen LogP contribution in [0.1, 0.15) is 20.3 Å². The lowest BCUT2D eigenvalue weighted by molar-refractivity contribution is -0.132. The molecule has 0 bridgehead atoms. The minimum atomic E-state index is -0.445. The summed E-state index contributed by atoms with van der Waals surface area (Å²) in [6.45, 7) is 10.2. The molecule has 0 aromatic heterocycles. The molecule has 0 unspecified atom stereocenters. The zero-order chi connectivity index (χ0) is 14.8. The maximum absolute atomic E-state index is 12.3. The summed E-state index contributed by atoms with van der Waals surface area (Å²) in [6.07, 6.45) is 0.826. The van der Waals surface area contributed by atoms with Gasteiger partial charge in [-0.3, -0.25) is 9.69 Å². The third kappa shape index (κ3) is 5.75. The Labute approximate surface area is 122 Å². The summed E-state index contributed by atoms with van der Waals surface area (Å²) in [5, 5.41) is 6.30. The molecule has 0 aromatic carbocycles. The predicted octanol–water partition coefficient (Wildman–Crippen LogP) is -0.160. The van der Waals surface area contributed by atoms with Gasteiger partial charge in [-0.25, -0.2) is 0 Å². The van der Waals surface area contributed by atoms with Gasteiger partial charge in [0.1, 0.15) is 0 Å². The number of hydrogen-bond donors (Lipinski definition) is 2. The molecule has 0 atom stereocenters. The molecule has 1 fully saturated rings. The quantitative estimate of drug-likeness (QED) is 0.577. The molecule has 6 heteroatoms. The van der Waals surface area contributed by atoms with E-state index in [0.29, 0.717) is 26.4 Å². The average Bonchev–Trinajstić information content (AvgIpc) is 2.47. The number of nitrogens with zero attached hydrogens (tertiary/aromatic N) is 1. The van der Waals surface area contributed by atoms with Gasteiger partial charge in [0.25, 0.3) is 0 Å².